The van der Waals surface area contributed by atoms with Crippen LogP contribution in [0, 0.1) is 0 Å². The van der Waals surface area contributed by atoms with Crippen molar-refractivity contribution in [2.24, 2.45) is 0 Å². The Bertz CT molecular complexity index is 2870. The Hall–Kier alpha value is -7.16. The van der Waals surface area contributed by atoms with E-state index in [1.165, 1.54) is 65.6 Å². The number of rotatable bonds is 7. The molecule has 0 amide bonds. The average molecular weight is 703 g/mol. The number of fused-ring (bicyclic) bond motifs is 4. The van der Waals surface area contributed by atoms with Crippen LogP contribution in [0.1, 0.15) is 6.42 Å². The van der Waals surface area contributed by atoms with Gasteiger partial charge >= 0.3 is 0 Å². The van der Waals surface area contributed by atoms with Gasteiger partial charge in [0.2, 0.25) is 0 Å². The van der Waals surface area contributed by atoms with Crippen LogP contribution in [-0.4, -0.2) is 4.57 Å². The molecule has 0 saturated carbocycles. The highest BCUT2D eigenvalue weighted by Crippen LogP contribution is 2.43. The molecule has 55 heavy (non-hydrogen) atoms. The molecule has 1 aromatic heterocycles. The molecule has 1 heterocycles. The Balaban J connectivity index is 1.08. The van der Waals surface area contributed by atoms with Gasteiger partial charge in [0.1, 0.15) is 0 Å². The molecule has 2 heteroatoms. The monoisotopic (exact) mass is 702 g/mol. The van der Waals surface area contributed by atoms with Gasteiger partial charge in [0.25, 0.3) is 0 Å². The van der Waals surface area contributed by atoms with Crippen molar-refractivity contribution in [2.45, 2.75) is 6.42 Å². The predicted octanol–water partition coefficient (Wildman–Crippen LogP) is 12.8. The normalized spacial score (nSPS) is 12.1. The van der Waals surface area contributed by atoms with Gasteiger partial charge in [0.15, 0.2) is 0 Å². The number of hydrogen-bond acceptors (Lipinski definition) is 1. The summed E-state index contributed by atoms with van der Waals surface area (Å²) >= 11 is 0. The van der Waals surface area contributed by atoms with Crippen LogP contribution in [0.25, 0.3) is 72.9 Å². The highest BCUT2D eigenvalue weighted by molar-refractivity contribution is 6.06. The fourth-order valence-corrected chi connectivity index (χ4v) is 8.18. The number of nitrogens with zero attached hydrogens (tertiary/aromatic N) is 2. The molecule has 0 radical (unpaired) electrons. The number of allylic oxidation sites excluding steroid dienone is 2. The van der Waals surface area contributed by atoms with E-state index < -0.39 is 0 Å². The number of anilines is 3. The minimum atomic E-state index is 0.918. The lowest BCUT2D eigenvalue weighted by atomic mass is 9.96. The van der Waals surface area contributed by atoms with Crippen molar-refractivity contribution in [3.63, 3.8) is 0 Å². The molecule has 2 nitrogen and oxygen atoms in total. The number of aromatic nitrogens is 1. The van der Waals surface area contributed by atoms with E-state index in [0.717, 1.165) is 29.2 Å². The Morgan fingerprint density at radius 3 is 1.58 bits per heavy atom. The second kappa shape index (κ2) is 14.0. The van der Waals surface area contributed by atoms with Gasteiger partial charge in [-0.1, -0.05) is 170 Å². The maximum atomic E-state index is 2.41. The van der Waals surface area contributed by atoms with Gasteiger partial charge in [0, 0.05) is 33.1 Å². The smallest absolute Gasteiger partial charge is 0.0540 e. The summed E-state index contributed by atoms with van der Waals surface area (Å²) in [5.74, 6) is 0. The Morgan fingerprint density at radius 2 is 0.945 bits per heavy atom. The largest absolute Gasteiger partial charge is 0.310 e. The number of benzene rings is 8. The van der Waals surface area contributed by atoms with E-state index in [4.69, 9.17) is 0 Å². The maximum absolute atomic E-state index is 2.41. The van der Waals surface area contributed by atoms with Crippen molar-refractivity contribution in [1.82, 2.24) is 4.57 Å². The first-order valence-electron chi connectivity index (χ1n) is 19.0. The van der Waals surface area contributed by atoms with Gasteiger partial charge in [-0.3, -0.25) is 0 Å². The van der Waals surface area contributed by atoms with E-state index in [0.29, 0.717) is 0 Å². The SMILES string of the molecule is C1=CCC=c2c(c3ccccc3n2-c2ccc(-c3ccc(N(c4ccc(-c5ccccc5)cc4)c4ccc(-c5ccccc5)cc4)c4ccccc34)cc2)=C1. The Morgan fingerprint density at radius 1 is 0.418 bits per heavy atom. The van der Waals surface area contributed by atoms with Crippen molar-refractivity contribution in [1.29, 1.82) is 0 Å². The number of para-hydroxylation sites is 1. The molecule has 0 bridgehead atoms. The van der Waals surface area contributed by atoms with E-state index in [1.54, 1.807) is 0 Å². The molecular formula is C53H38N2. The van der Waals surface area contributed by atoms with Crippen LogP contribution in [0.3, 0.4) is 0 Å². The van der Waals surface area contributed by atoms with Crippen LogP contribution in [0.2, 0.25) is 0 Å². The zero-order valence-corrected chi connectivity index (χ0v) is 30.4. The van der Waals surface area contributed by atoms with Gasteiger partial charge in [0.05, 0.1) is 16.6 Å². The summed E-state index contributed by atoms with van der Waals surface area (Å²) in [6, 6.07) is 70.3. The lowest BCUT2D eigenvalue weighted by molar-refractivity contribution is 1.06. The minimum Gasteiger partial charge on any atom is -0.310 e. The molecule has 8 aromatic carbocycles. The van der Waals surface area contributed by atoms with Crippen molar-refractivity contribution >= 4 is 50.9 Å². The molecule has 260 valence electrons. The summed E-state index contributed by atoms with van der Waals surface area (Å²) in [5, 5.41) is 6.22. The summed E-state index contributed by atoms with van der Waals surface area (Å²) in [4.78, 5) is 2.39. The van der Waals surface area contributed by atoms with Crippen LogP contribution in [0.15, 0.2) is 206 Å². The van der Waals surface area contributed by atoms with Crippen LogP contribution in [-0.2, 0) is 0 Å². The first-order chi connectivity index (χ1) is 27.3. The molecule has 0 saturated heterocycles. The molecule has 0 aliphatic heterocycles. The second-order valence-electron chi connectivity index (χ2n) is 14.1. The number of hydrogen-bond donors (Lipinski definition) is 0. The molecule has 0 atom stereocenters. The van der Waals surface area contributed by atoms with Gasteiger partial charge < -0.3 is 9.47 Å². The van der Waals surface area contributed by atoms with Crippen LogP contribution in [0.5, 0.6) is 0 Å². The van der Waals surface area contributed by atoms with Crippen molar-refractivity contribution in [3.8, 4) is 39.1 Å². The first-order valence-corrected chi connectivity index (χ1v) is 19.0. The van der Waals surface area contributed by atoms with Crippen LogP contribution in [0.4, 0.5) is 17.1 Å². The molecule has 0 N–H and O–H groups in total. The Labute approximate surface area is 321 Å². The fraction of sp³-hybridized carbons (Fsp3) is 0.0189. The van der Waals surface area contributed by atoms with Crippen molar-refractivity contribution < 1.29 is 0 Å². The van der Waals surface area contributed by atoms with Gasteiger partial charge in [-0.05, 0) is 93.7 Å². The topological polar surface area (TPSA) is 8.17 Å². The summed E-state index contributed by atoms with van der Waals surface area (Å²) in [6.07, 6.45) is 9.90. The van der Waals surface area contributed by atoms with Gasteiger partial charge in [-0.2, -0.15) is 0 Å². The zero-order chi connectivity index (χ0) is 36.6. The second-order valence-corrected chi connectivity index (χ2v) is 14.1. The van der Waals surface area contributed by atoms with Gasteiger partial charge in [-0.25, -0.2) is 0 Å². The van der Waals surface area contributed by atoms with Crippen LogP contribution < -0.4 is 15.5 Å². The molecule has 1 aliphatic carbocycles. The van der Waals surface area contributed by atoms with E-state index in [1.807, 2.05) is 0 Å². The van der Waals surface area contributed by atoms with E-state index >= 15 is 0 Å². The standard InChI is InChI=1S/C53H38N2/c1-4-14-38(15-5-1)40-24-30-43(31-25-40)54(44-32-26-41(27-33-44)39-16-6-2-7-17-39)53-37-36-46(47-18-10-11-20-48(47)53)42-28-34-45(35-29-42)55-51-22-9-3-8-19-49(51)50-21-12-13-23-52(50)55/h1-8,10-37H,9H2. The molecule has 0 unspecified atom stereocenters. The molecule has 1 aliphatic rings. The van der Waals surface area contributed by atoms with Crippen molar-refractivity contribution in [3.05, 3.63) is 217 Å². The lowest BCUT2D eigenvalue weighted by Crippen LogP contribution is -2.27. The van der Waals surface area contributed by atoms with E-state index in [9.17, 15) is 0 Å². The summed E-state index contributed by atoms with van der Waals surface area (Å²) in [7, 11) is 0. The lowest BCUT2D eigenvalue weighted by Gasteiger charge is -2.28. The Kier molecular flexibility index (Phi) is 8.27. The summed E-state index contributed by atoms with van der Waals surface area (Å²) in [6.45, 7) is 0. The van der Waals surface area contributed by atoms with Crippen molar-refractivity contribution in [2.75, 3.05) is 4.90 Å². The minimum absolute atomic E-state index is 0.918. The van der Waals surface area contributed by atoms with E-state index in [-0.39, 0.29) is 0 Å². The molecule has 0 spiro atoms. The summed E-state index contributed by atoms with van der Waals surface area (Å²) in [5.41, 5.74) is 13.0. The molecule has 9 aromatic rings. The van der Waals surface area contributed by atoms with Crippen LogP contribution >= 0.6 is 0 Å². The molecule has 10 rings (SSSR count). The van der Waals surface area contributed by atoms with Gasteiger partial charge in [-0.15, -0.1) is 0 Å². The third-order valence-corrected chi connectivity index (χ3v) is 10.8. The zero-order valence-electron chi connectivity index (χ0n) is 30.4. The maximum Gasteiger partial charge on any atom is 0.0540 e. The molecular weight excluding hydrogens is 665 g/mol. The first kappa shape index (κ1) is 32.5. The highest BCUT2D eigenvalue weighted by atomic mass is 15.1. The van der Waals surface area contributed by atoms with E-state index in [2.05, 4.69) is 228 Å². The third-order valence-electron chi connectivity index (χ3n) is 10.8. The predicted molar refractivity (Wildman–Crippen MR) is 234 cm³/mol. The third kappa shape index (κ3) is 5.95. The molecule has 0 fully saturated rings. The quantitative estimate of drug-likeness (QED) is 0.160. The summed E-state index contributed by atoms with van der Waals surface area (Å²) < 4.78 is 2.41. The average Bonchev–Trinajstić information content (AvgIpc) is 3.38. The fourth-order valence-electron chi connectivity index (χ4n) is 8.18. The highest BCUT2D eigenvalue weighted by Gasteiger charge is 2.18.